The van der Waals surface area contributed by atoms with E-state index in [0.717, 1.165) is 70.3 Å². The maximum absolute atomic E-state index is 13.5. The molecule has 0 N–H and O–H groups in total. The fourth-order valence-corrected chi connectivity index (χ4v) is 5.53. The highest BCUT2D eigenvalue weighted by atomic mass is 19.1. The molecule has 0 bridgehead atoms. The van der Waals surface area contributed by atoms with Crippen LogP contribution in [-0.4, -0.2) is 30.1 Å². The molecule has 5 nitrogen and oxygen atoms in total. The largest absolute Gasteiger partial charge is 0.465 e. The van der Waals surface area contributed by atoms with E-state index in [4.69, 9.17) is 4.98 Å². The summed E-state index contributed by atoms with van der Waals surface area (Å²) in [4.78, 5) is 40.6. The molecule has 0 amide bonds. The standard InChI is InChI=1S/C24H22FNO.C15H18O3/c1-15(2)23-21(14-27)22(17-10-12-18(25)13-11-17)20-9-5-7-16-6-3-4-8-19(16)24(20)26-23;1-10(2)14(16)13(15(17)18-4)9-12-7-5-11(3)6-8-12/h3-4,6,8,10-15H,5,7,9H2,1-2H3;5-10H,1-4H3. The second-order valence-electron chi connectivity index (χ2n) is 11.9. The molecule has 0 atom stereocenters. The highest BCUT2D eigenvalue weighted by Crippen LogP contribution is 2.40. The van der Waals surface area contributed by atoms with Gasteiger partial charge in [-0.05, 0) is 78.1 Å². The number of halogens is 1. The van der Waals surface area contributed by atoms with E-state index in [-0.39, 0.29) is 29.0 Å². The summed E-state index contributed by atoms with van der Waals surface area (Å²) in [6, 6.07) is 22.4. The second kappa shape index (κ2) is 14.8. The Morgan fingerprint density at radius 2 is 1.58 bits per heavy atom. The fourth-order valence-electron chi connectivity index (χ4n) is 5.53. The van der Waals surface area contributed by atoms with Crippen LogP contribution in [0.3, 0.4) is 0 Å². The van der Waals surface area contributed by atoms with E-state index in [1.165, 1.54) is 24.8 Å². The summed E-state index contributed by atoms with van der Waals surface area (Å²) < 4.78 is 18.2. The molecule has 0 saturated heterocycles. The third-order valence-electron chi connectivity index (χ3n) is 7.89. The summed E-state index contributed by atoms with van der Waals surface area (Å²) in [5, 5.41) is 0. The number of methoxy groups -OCH3 is 1. The van der Waals surface area contributed by atoms with Crippen molar-refractivity contribution < 1.29 is 23.5 Å². The van der Waals surface area contributed by atoms with Gasteiger partial charge in [-0.2, -0.15) is 0 Å². The molecule has 1 aliphatic rings. The third kappa shape index (κ3) is 7.69. The lowest BCUT2D eigenvalue weighted by molar-refractivity contribution is -0.138. The number of esters is 1. The van der Waals surface area contributed by atoms with Crippen LogP contribution in [0.4, 0.5) is 4.39 Å². The van der Waals surface area contributed by atoms with Gasteiger partial charge in [0.1, 0.15) is 11.4 Å². The van der Waals surface area contributed by atoms with Crippen molar-refractivity contribution >= 4 is 24.1 Å². The summed E-state index contributed by atoms with van der Waals surface area (Å²) in [6.07, 6.45) is 5.33. The number of hydrogen-bond donors (Lipinski definition) is 0. The molecule has 3 aromatic carbocycles. The number of aldehydes is 1. The minimum atomic E-state index is -0.589. The number of carbonyl (C=O) groups excluding carboxylic acids is 3. The number of nitrogens with zero attached hydrogens (tertiary/aromatic N) is 1. The molecule has 5 rings (SSSR count). The van der Waals surface area contributed by atoms with Gasteiger partial charge in [-0.25, -0.2) is 9.18 Å². The molecule has 45 heavy (non-hydrogen) atoms. The number of aromatic nitrogens is 1. The first-order chi connectivity index (χ1) is 21.5. The zero-order valence-corrected chi connectivity index (χ0v) is 26.8. The summed E-state index contributed by atoms with van der Waals surface area (Å²) in [6.45, 7) is 9.61. The molecule has 0 unspecified atom stereocenters. The van der Waals surface area contributed by atoms with Gasteiger partial charge in [0.2, 0.25) is 0 Å². The van der Waals surface area contributed by atoms with Crippen molar-refractivity contribution in [2.45, 2.75) is 59.8 Å². The van der Waals surface area contributed by atoms with Crippen molar-refractivity contribution in [2.24, 2.45) is 5.92 Å². The number of fused-ring (bicyclic) bond motifs is 3. The van der Waals surface area contributed by atoms with Gasteiger partial charge in [0.15, 0.2) is 12.1 Å². The molecule has 0 spiro atoms. The molecule has 232 valence electrons. The predicted octanol–water partition coefficient (Wildman–Crippen LogP) is 8.76. The molecule has 0 saturated carbocycles. The van der Waals surface area contributed by atoms with Gasteiger partial charge >= 0.3 is 5.97 Å². The number of ether oxygens (including phenoxy) is 1. The molecule has 0 radical (unpaired) electrons. The fraction of sp³-hybridized carbons (Fsp3) is 0.282. The quantitative estimate of drug-likeness (QED) is 0.0692. The van der Waals surface area contributed by atoms with E-state index in [1.54, 1.807) is 32.1 Å². The lowest BCUT2D eigenvalue weighted by atomic mass is 9.87. The van der Waals surface area contributed by atoms with Crippen molar-refractivity contribution in [1.29, 1.82) is 0 Å². The normalized spacial score (nSPS) is 12.4. The number of ketones is 1. The maximum atomic E-state index is 13.5. The second-order valence-corrected chi connectivity index (χ2v) is 11.9. The van der Waals surface area contributed by atoms with Gasteiger partial charge in [0, 0.05) is 17.0 Å². The van der Waals surface area contributed by atoms with E-state index < -0.39 is 5.97 Å². The van der Waals surface area contributed by atoms with Crippen LogP contribution < -0.4 is 0 Å². The van der Waals surface area contributed by atoms with Crippen LogP contribution in [0.5, 0.6) is 0 Å². The summed E-state index contributed by atoms with van der Waals surface area (Å²) in [7, 11) is 1.28. The minimum absolute atomic E-state index is 0.0938. The Morgan fingerprint density at radius 3 is 2.18 bits per heavy atom. The third-order valence-corrected chi connectivity index (χ3v) is 7.89. The van der Waals surface area contributed by atoms with Crippen LogP contribution in [0.25, 0.3) is 28.5 Å². The molecule has 1 aliphatic carbocycles. The van der Waals surface area contributed by atoms with Crippen molar-refractivity contribution in [3.05, 3.63) is 118 Å². The Labute approximate surface area is 265 Å². The van der Waals surface area contributed by atoms with Gasteiger partial charge in [0.05, 0.1) is 18.5 Å². The number of Topliss-reactive ketones (excluding diaryl/α,β-unsaturated/α-hetero) is 1. The van der Waals surface area contributed by atoms with Crippen molar-refractivity contribution in [3.8, 4) is 22.4 Å². The zero-order valence-electron chi connectivity index (χ0n) is 26.8. The van der Waals surface area contributed by atoms with Crippen LogP contribution in [0.2, 0.25) is 0 Å². The Balaban J connectivity index is 0.000000224. The highest BCUT2D eigenvalue weighted by molar-refractivity contribution is 6.21. The van der Waals surface area contributed by atoms with Gasteiger partial charge in [0.25, 0.3) is 0 Å². The summed E-state index contributed by atoms with van der Waals surface area (Å²) in [5.41, 5.74) is 9.77. The number of hydrogen-bond acceptors (Lipinski definition) is 5. The Bertz CT molecular complexity index is 1720. The number of benzene rings is 3. The highest BCUT2D eigenvalue weighted by Gasteiger charge is 2.25. The number of carbonyl (C=O) groups is 3. The van der Waals surface area contributed by atoms with Crippen LogP contribution in [-0.2, 0) is 27.2 Å². The van der Waals surface area contributed by atoms with Gasteiger partial charge in [-0.15, -0.1) is 0 Å². The SMILES string of the molecule is CC(C)c1nc2c(c(-c3ccc(F)cc3)c1C=O)CCCc1ccccc1-2.COC(=O)C(=Cc1ccc(C)cc1)C(=O)C(C)C. The predicted molar refractivity (Wildman–Crippen MR) is 178 cm³/mol. The van der Waals surface area contributed by atoms with Crippen molar-refractivity contribution in [2.75, 3.05) is 7.11 Å². The van der Waals surface area contributed by atoms with Crippen LogP contribution in [0.1, 0.15) is 78.3 Å². The van der Waals surface area contributed by atoms with Gasteiger partial charge < -0.3 is 4.74 Å². The first-order valence-electron chi connectivity index (χ1n) is 15.3. The molecular formula is C39H40FNO4. The van der Waals surface area contributed by atoms with Crippen LogP contribution in [0, 0.1) is 18.7 Å². The monoisotopic (exact) mass is 605 g/mol. The number of aryl methyl sites for hydroxylation is 2. The lowest BCUT2D eigenvalue weighted by Gasteiger charge is -2.20. The number of pyridine rings is 1. The summed E-state index contributed by atoms with van der Waals surface area (Å²) in [5.74, 6) is -1.19. The van der Waals surface area contributed by atoms with Crippen molar-refractivity contribution in [3.63, 3.8) is 0 Å². The Hall–Kier alpha value is -4.71. The van der Waals surface area contributed by atoms with E-state index in [1.807, 2.05) is 37.3 Å². The van der Waals surface area contributed by atoms with Gasteiger partial charge in [-0.1, -0.05) is 93.9 Å². The average molecular weight is 606 g/mol. The smallest absolute Gasteiger partial charge is 0.341 e. The molecular weight excluding hydrogens is 565 g/mol. The first kappa shape index (κ1) is 33.2. The molecule has 6 heteroatoms. The van der Waals surface area contributed by atoms with E-state index in [2.05, 4.69) is 36.8 Å². The topological polar surface area (TPSA) is 73.3 Å². The summed E-state index contributed by atoms with van der Waals surface area (Å²) >= 11 is 0. The molecule has 1 heterocycles. The van der Waals surface area contributed by atoms with Crippen molar-refractivity contribution in [1.82, 2.24) is 4.98 Å². The zero-order chi connectivity index (χ0) is 32.7. The molecule has 0 fully saturated rings. The van der Waals surface area contributed by atoms with Crippen LogP contribution >= 0.6 is 0 Å². The maximum Gasteiger partial charge on any atom is 0.341 e. The van der Waals surface area contributed by atoms with E-state index >= 15 is 0 Å². The van der Waals surface area contributed by atoms with E-state index in [9.17, 15) is 18.8 Å². The molecule has 0 aliphatic heterocycles. The lowest BCUT2D eigenvalue weighted by Crippen LogP contribution is -2.18. The van der Waals surface area contributed by atoms with Gasteiger partial charge in [-0.3, -0.25) is 14.6 Å². The van der Waals surface area contributed by atoms with Crippen LogP contribution in [0.15, 0.2) is 78.4 Å². The number of rotatable bonds is 7. The minimum Gasteiger partial charge on any atom is -0.465 e. The van der Waals surface area contributed by atoms with E-state index in [0.29, 0.717) is 5.56 Å². The Kier molecular flexibility index (Phi) is 10.9. The first-order valence-corrected chi connectivity index (χ1v) is 15.3. The Morgan fingerprint density at radius 1 is 0.911 bits per heavy atom. The molecule has 4 aromatic rings. The average Bonchev–Trinajstić information content (AvgIpc) is 3.23. The molecule has 1 aromatic heterocycles.